The van der Waals surface area contributed by atoms with E-state index in [-0.39, 0.29) is 41.8 Å². The monoisotopic (exact) mass is 581 g/mol. The molecule has 1 aromatic carbocycles. The first-order valence-corrected chi connectivity index (χ1v) is 13.9. The van der Waals surface area contributed by atoms with Gasteiger partial charge in [0.15, 0.2) is 0 Å². The van der Waals surface area contributed by atoms with Gasteiger partial charge in [-0.05, 0) is 57.7 Å². The maximum absolute atomic E-state index is 13.2. The van der Waals surface area contributed by atoms with Crippen molar-refractivity contribution >= 4 is 23.8 Å². The lowest BCUT2D eigenvalue weighted by molar-refractivity contribution is -0.155. The van der Waals surface area contributed by atoms with Crippen LogP contribution in [0.5, 0.6) is 0 Å². The molecule has 2 amide bonds. The molecular formula is C30H39N5O7. The molecular weight excluding hydrogens is 542 g/mol. The Morgan fingerprint density at radius 3 is 2.29 bits per heavy atom. The van der Waals surface area contributed by atoms with Crippen LogP contribution in [0.2, 0.25) is 0 Å². The summed E-state index contributed by atoms with van der Waals surface area (Å²) in [6.45, 7) is 12.4. The van der Waals surface area contributed by atoms with Crippen LogP contribution in [0.3, 0.4) is 0 Å². The second-order valence-electron chi connectivity index (χ2n) is 11.3. The number of nitrogens with one attached hydrogen (secondary N) is 2. The minimum Gasteiger partial charge on any atom is -0.480 e. The van der Waals surface area contributed by atoms with Gasteiger partial charge in [-0.15, -0.1) is 0 Å². The van der Waals surface area contributed by atoms with Gasteiger partial charge >= 0.3 is 11.9 Å². The first kappa shape index (κ1) is 32.0. The number of carbonyl (C=O) groups is 4. The molecule has 0 radical (unpaired) electrons. The van der Waals surface area contributed by atoms with Crippen LogP contribution in [0, 0.1) is 5.92 Å². The van der Waals surface area contributed by atoms with Gasteiger partial charge < -0.3 is 24.9 Å². The second kappa shape index (κ2) is 13.5. The average Bonchev–Trinajstić information content (AvgIpc) is 3.57. The molecule has 226 valence electrons. The van der Waals surface area contributed by atoms with Crippen molar-refractivity contribution in [2.24, 2.45) is 5.92 Å². The fraction of sp³-hybridized carbons (Fsp3) is 0.467. The van der Waals surface area contributed by atoms with Crippen LogP contribution >= 0.6 is 0 Å². The first-order chi connectivity index (χ1) is 19.7. The SMILES string of the molecule is CCC(CC)NC(=O)c1cc(-c2cccc(-c3ncc(C(=O)N[C@H](C(=O)O)C(C)C)o3)c2)nn1CC(=O)OC(C)(C)C. The third-order valence-electron chi connectivity index (χ3n) is 6.39. The van der Waals surface area contributed by atoms with Crippen molar-refractivity contribution in [3.8, 4) is 22.7 Å². The van der Waals surface area contributed by atoms with Crippen molar-refractivity contribution < 1.29 is 33.4 Å². The normalized spacial score (nSPS) is 12.3. The van der Waals surface area contributed by atoms with E-state index in [1.54, 1.807) is 65.0 Å². The van der Waals surface area contributed by atoms with Crippen molar-refractivity contribution in [2.45, 2.75) is 85.5 Å². The number of esters is 1. The number of hydrogen-bond acceptors (Lipinski definition) is 8. The number of aliphatic carboxylic acids is 1. The number of aromatic nitrogens is 3. The molecule has 3 N–H and O–H groups in total. The lowest BCUT2D eigenvalue weighted by atomic mass is 10.0. The van der Waals surface area contributed by atoms with Gasteiger partial charge in [0.2, 0.25) is 11.7 Å². The van der Waals surface area contributed by atoms with E-state index < -0.39 is 29.5 Å². The van der Waals surface area contributed by atoms with Crippen LogP contribution < -0.4 is 10.6 Å². The predicted octanol–water partition coefficient (Wildman–Crippen LogP) is 4.30. The smallest absolute Gasteiger partial charge is 0.328 e. The summed E-state index contributed by atoms with van der Waals surface area (Å²) >= 11 is 0. The lowest BCUT2D eigenvalue weighted by Gasteiger charge is -2.20. The Balaban J connectivity index is 1.92. The highest BCUT2D eigenvalue weighted by molar-refractivity contribution is 5.95. The van der Waals surface area contributed by atoms with Gasteiger partial charge in [0.1, 0.15) is 23.9 Å². The van der Waals surface area contributed by atoms with E-state index in [9.17, 15) is 24.3 Å². The summed E-state index contributed by atoms with van der Waals surface area (Å²) in [5.74, 6) is -3.06. The minimum absolute atomic E-state index is 0.0307. The molecule has 12 nitrogen and oxygen atoms in total. The van der Waals surface area contributed by atoms with Gasteiger partial charge in [0.25, 0.3) is 11.8 Å². The van der Waals surface area contributed by atoms with Crippen LogP contribution in [-0.2, 0) is 20.9 Å². The van der Waals surface area contributed by atoms with Crippen LogP contribution in [0.25, 0.3) is 22.7 Å². The molecule has 0 saturated heterocycles. The summed E-state index contributed by atoms with van der Waals surface area (Å²) in [4.78, 5) is 54.1. The number of ether oxygens (including phenoxy) is 1. The summed E-state index contributed by atoms with van der Waals surface area (Å²) in [5.41, 5.74) is 1.08. The fourth-order valence-electron chi connectivity index (χ4n) is 4.16. The highest BCUT2D eigenvalue weighted by Crippen LogP contribution is 2.27. The van der Waals surface area contributed by atoms with E-state index >= 15 is 0 Å². The standard InChI is InChI=1S/C30H39N5O7/c1-8-20(9-2)32-26(37)22-14-21(34-35(22)16-24(36)42-30(5,6)7)18-11-10-12-19(13-18)28-31-15-23(41-28)27(38)33-25(17(3)4)29(39)40/h10-15,17,20,25H,8-9,16H2,1-7H3,(H,32,37)(H,33,38)(H,39,40)/t25-/m0/s1. The number of carboxylic acid groups (broad SMARTS) is 1. The molecule has 2 heterocycles. The zero-order chi connectivity index (χ0) is 31.2. The van der Waals surface area contributed by atoms with Crippen LogP contribution in [-0.4, -0.2) is 61.3 Å². The summed E-state index contributed by atoms with van der Waals surface area (Å²) in [6, 6.07) is 7.47. The molecule has 0 bridgehead atoms. The Morgan fingerprint density at radius 1 is 1.02 bits per heavy atom. The molecule has 12 heteroatoms. The van der Waals surface area contributed by atoms with E-state index in [0.717, 1.165) is 12.8 Å². The van der Waals surface area contributed by atoms with Crippen LogP contribution in [0.15, 0.2) is 40.9 Å². The third-order valence-corrected chi connectivity index (χ3v) is 6.39. The zero-order valence-corrected chi connectivity index (χ0v) is 25.1. The number of carbonyl (C=O) groups excluding carboxylic acids is 3. The Bertz CT molecular complexity index is 1430. The summed E-state index contributed by atoms with van der Waals surface area (Å²) in [6.07, 6.45) is 2.73. The maximum atomic E-state index is 13.2. The van der Waals surface area contributed by atoms with E-state index in [1.807, 2.05) is 13.8 Å². The Kier molecular flexibility index (Phi) is 10.3. The quantitative estimate of drug-likeness (QED) is 0.264. The Morgan fingerprint density at radius 2 is 1.69 bits per heavy atom. The number of carboxylic acids is 1. The van der Waals surface area contributed by atoms with E-state index in [2.05, 4.69) is 20.7 Å². The average molecular weight is 582 g/mol. The van der Waals surface area contributed by atoms with Gasteiger partial charge in [0.05, 0.1) is 11.9 Å². The number of hydrogen-bond donors (Lipinski definition) is 3. The summed E-state index contributed by atoms with van der Waals surface area (Å²) < 4.78 is 12.4. The Hall–Kier alpha value is -4.48. The molecule has 3 rings (SSSR count). The van der Waals surface area contributed by atoms with Crippen LogP contribution in [0.4, 0.5) is 0 Å². The predicted molar refractivity (Wildman–Crippen MR) is 155 cm³/mol. The number of rotatable bonds is 12. The number of nitrogens with zero attached hydrogens (tertiary/aromatic N) is 3. The van der Waals surface area contributed by atoms with Gasteiger partial charge in [-0.1, -0.05) is 39.8 Å². The molecule has 0 unspecified atom stereocenters. The Labute approximate surface area is 244 Å². The topological polar surface area (TPSA) is 166 Å². The number of amides is 2. The summed E-state index contributed by atoms with van der Waals surface area (Å²) in [5, 5.41) is 19.3. The third kappa shape index (κ3) is 8.27. The van der Waals surface area contributed by atoms with Crippen molar-refractivity contribution in [3.63, 3.8) is 0 Å². The molecule has 0 aliphatic heterocycles. The van der Waals surface area contributed by atoms with Gasteiger partial charge in [-0.25, -0.2) is 14.5 Å². The maximum Gasteiger partial charge on any atom is 0.328 e. The van der Waals surface area contributed by atoms with E-state index in [1.165, 1.54) is 10.9 Å². The van der Waals surface area contributed by atoms with Gasteiger partial charge in [0, 0.05) is 17.2 Å². The second-order valence-corrected chi connectivity index (χ2v) is 11.3. The van der Waals surface area contributed by atoms with E-state index in [0.29, 0.717) is 16.8 Å². The van der Waals surface area contributed by atoms with Gasteiger partial charge in [-0.2, -0.15) is 5.10 Å². The van der Waals surface area contributed by atoms with Crippen molar-refractivity contribution in [3.05, 3.63) is 48.0 Å². The molecule has 1 atom stereocenters. The summed E-state index contributed by atoms with van der Waals surface area (Å²) in [7, 11) is 0. The van der Waals surface area contributed by atoms with Crippen molar-refractivity contribution in [1.29, 1.82) is 0 Å². The molecule has 0 fully saturated rings. The lowest BCUT2D eigenvalue weighted by Crippen LogP contribution is -2.44. The molecule has 0 saturated carbocycles. The molecule has 2 aromatic heterocycles. The zero-order valence-electron chi connectivity index (χ0n) is 25.1. The molecule has 0 aliphatic carbocycles. The van der Waals surface area contributed by atoms with Crippen molar-refractivity contribution in [1.82, 2.24) is 25.4 Å². The number of benzene rings is 1. The van der Waals surface area contributed by atoms with Crippen LogP contribution in [0.1, 0.15) is 82.4 Å². The highest BCUT2D eigenvalue weighted by Gasteiger charge is 2.26. The fourth-order valence-corrected chi connectivity index (χ4v) is 4.16. The van der Waals surface area contributed by atoms with Gasteiger partial charge in [-0.3, -0.25) is 14.4 Å². The number of oxazole rings is 1. The molecule has 0 aliphatic rings. The minimum atomic E-state index is -1.15. The first-order valence-electron chi connectivity index (χ1n) is 13.9. The van der Waals surface area contributed by atoms with E-state index in [4.69, 9.17) is 9.15 Å². The largest absolute Gasteiger partial charge is 0.480 e. The highest BCUT2D eigenvalue weighted by atomic mass is 16.6. The molecule has 3 aromatic rings. The molecule has 0 spiro atoms. The molecule has 42 heavy (non-hydrogen) atoms. The van der Waals surface area contributed by atoms with Crippen molar-refractivity contribution in [2.75, 3.05) is 0 Å².